The average Bonchev–Trinajstić information content (AvgIpc) is 2.37. The van der Waals surface area contributed by atoms with Crippen molar-refractivity contribution in [2.75, 3.05) is 13.2 Å². The van der Waals surface area contributed by atoms with Gasteiger partial charge in [0.1, 0.15) is 19.0 Å². The summed E-state index contributed by atoms with van der Waals surface area (Å²) in [5, 5.41) is 0.991. The molecule has 0 N–H and O–H groups in total. The molecule has 2 aromatic rings. The van der Waals surface area contributed by atoms with Crippen LogP contribution < -0.4 is 9.47 Å². The smallest absolute Gasteiger partial charge is 0.156 e. The van der Waals surface area contributed by atoms with Gasteiger partial charge in [-0.05, 0) is 30.3 Å². The van der Waals surface area contributed by atoms with Crippen LogP contribution in [0.5, 0.6) is 11.5 Å². The van der Waals surface area contributed by atoms with E-state index in [4.69, 9.17) is 32.7 Å². The first-order valence-electron chi connectivity index (χ1n) is 5.62. The highest BCUT2D eigenvalue weighted by molar-refractivity contribution is 9.10. The van der Waals surface area contributed by atoms with Gasteiger partial charge in [0.2, 0.25) is 0 Å². The molecule has 0 aliphatic rings. The summed E-state index contributed by atoms with van der Waals surface area (Å²) in [5.41, 5.74) is 0. The Morgan fingerprint density at radius 2 is 1.53 bits per heavy atom. The number of hydrogen-bond acceptors (Lipinski definition) is 2. The van der Waals surface area contributed by atoms with Crippen molar-refractivity contribution in [1.29, 1.82) is 0 Å². The Balaban J connectivity index is 1.84. The molecule has 5 heteroatoms. The van der Waals surface area contributed by atoms with Gasteiger partial charge in [-0.25, -0.2) is 0 Å². The molecule has 0 saturated carbocycles. The van der Waals surface area contributed by atoms with E-state index in [1.807, 2.05) is 24.3 Å². The summed E-state index contributed by atoms with van der Waals surface area (Å²) < 4.78 is 12.0. The average molecular weight is 362 g/mol. The van der Waals surface area contributed by atoms with Gasteiger partial charge in [0.05, 0.1) is 10.0 Å². The highest BCUT2D eigenvalue weighted by atomic mass is 79.9. The molecule has 2 aromatic carbocycles. The van der Waals surface area contributed by atoms with Gasteiger partial charge in [0.25, 0.3) is 0 Å². The Kier molecular flexibility index (Phi) is 5.37. The largest absolute Gasteiger partial charge is 0.490 e. The van der Waals surface area contributed by atoms with Crippen LogP contribution in [0.15, 0.2) is 46.9 Å². The van der Waals surface area contributed by atoms with Crippen LogP contribution in [0, 0.1) is 0 Å². The maximum atomic E-state index is 5.99. The second kappa shape index (κ2) is 7.04. The molecule has 0 unspecified atom stereocenters. The molecular formula is C14H11BrCl2O2. The zero-order valence-electron chi connectivity index (χ0n) is 9.91. The molecule has 0 fully saturated rings. The molecular weight excluding hydrogens is 351 g/mol. The molecule has 0 aliphatic heterocycles. The lowest BCUT2D eigenvalue weighted by atomic mass is 10.3. The second-order valence-corrected chi connectivity index (χ2v) is 5.44. The highest BCUT2D eigenvalue weighted by Crippen LogP contribution is 2.32. The van der Waals surface area contributed by atoms with E-state index < -0.39 is 0 Å². The van der Waals surface area contributed by atoms with Crippen molar-refractivity contribution in [1.82, 2.24) is 0 Å². The van der Waals surface area contributed by atoms with Crippen LogP contribution in [0.2, 0.25) is 10.0 Å². The van der Waals surface area contributed by atoms with Gasteiger partial charge in [-0.15, -0.1) is 0 Å². The number of para-hydroxylation sites is 1. The summed E-state index contributed by atoms with van der Waals surface area (Å²) in [4.78, 5) is 0. The molecule has 0 saturated heterocycles. The third-order valence-corrected chi connectivity index (χ3v) is 3.40. The number of rotatable bonds is 5. The molecule has 100 valence electrons. The molecule has 0 heterocycles. The van der Waals surface area contributed by atoms with Crippen LogP contribution in [0.4, 0.5) is 0 Å². The number of ether oxygens (including phenoxy) is 2. The van der Waals surface area contributed by atoms with Crippen LogP contribution in [0.3, 0.4) is 0 Å². The van der Waals surface area contributed by atoms with Crippen LogP contribution in [-0.2, 0) is 0 Å². The molecule has 0 amide bonds. The number of benzene rings is 2. The van der Waals surface area contributed by atoms with Gasteiger partial charge in [0.15, 0.2) is 5.75 Å². The summed E-state index contributed by atoms with van der Waals surface area (Å²) >= 11 is 15.4. The maximum Gasteiger partial charge on any atom is 0.156 e. The van der Waals surface area contributed by atoms with Crippen molar-refractivity contribution in [3.63, 3.8) is 0 Å². The molecule has 0 aliphatic carbocycles. The Morgan fingerprint density at radius 3 is 2.21 bits per heavy atom. The minimum Gasteiger partial charge on any atom is -0.490 e. The summed E-state index contributed by atoms with van der Waals surface area (Å²) in [5.74, 6) is 1.27. The molecule has 2 rings (SSSR count). The van der Waals surface area contributed by atoms with E-state index in [0.717, 1.165) is 10.2 Å². The predicted molar refractivity (Wildman–Crippen MR) is 81.6 cm³/mol. The molecule has 0 spiro atoms. The fourth-order valence-electron chi connectivity index (χ4n) is 1.48. The minimum atomic E-state index is 0.371. The monoisotopic (exact) mass is 360 g/mol. The Labute approximate surface area is 130 Å². The zero-order chi connectivity index (χ0) is 13.7. The Bertz CT molecular complexity index is 541. The lowest BCUT2D eigenvalue weighted by Gasteiger charge is -2.10. The molecule has 2 nitrogen and oxygen atoms in total. The maximum absolute atomic E-state index is 5.99. The SMILES string of the molecule is Clc1cccc(Cl)c1OCCOc1cccc(Br)c1. The summed E-state index contributed by atoms with van der Waals surface area (Å²) in [6.45, 7) is 0.786. The molecule has 0 atom stereocenters. The molecule has 0 bridgehead atoms. The standard InChI is InChI=1S/C14H11BrCl2O2/c15-10-3-1-4-11(9-10)18-7-8-19-14-12(16)5-2-6-13(14)17/h1-6,9H,7-8H2. The third-order valence-electron chi connectivity index (χ3n) is 2.31. The van der Waals surface area contributed by atoms with E-state index in [-0.39, 0.29) is 0 Å². The summed E-state index contributed by atoms with van der Waals surface area (Å²) in [7, 11) is 0. The van der Waals surface area contributed by atoms with Crippen molar-refractivity contribution in [2.24, 2.45) is 0 Å². The van der Waals surface area contributed by atoms with Crippen LogP contribution in [0.25, 0.3) is 0 Å². The number of halogens is 3. The van der Waals surface area contributed by atoms with Gasteiger partial charge in [-0.1, -0.05) is 51.3 Å². The fraction of sp³-hybridized carbons (Fsp3) is 0.143. The first-order chi connectivity index (χ1) is 9.16. The normalized spacial score (nSPS) is 10.3. The fourth-order valence-corrected chi connectivity index (χ4v) is 2.37. The summed E-state index contributed by atoms with van der Waals surface area (Å²) in [6.07, 6.45) is 0. The lowest BCUT2D eigenvalue weighted by Crippen LogP contribution is -2.09. The van der Waals surface area contributed by atoms with Crippen molar-refractivity contribution in [2.45, 2.75) is 0 Å². The van der Waals surface area contributed by atoms with Crippen LogP contribution in [-0.4, -0.2) is 13.2 Å². The second-order valence-electron chi connectivity index (χ2n) is 3.71. The first-order valence-corrected chi connectivity index (χ1v) is 7.17. The first kappa shape index (κ1) is 14.5. The third kappa shape index (κ3) is 4.30. The van der Waals surface area contributed by atoms with Crippen molar-refractivity contribution >= 4 is 39.1 Å². The zero-order valence-corrected chi connectivity index (χ0v) is 13.0. The number of hydrogen-bond donors (Lipinski definition) is 0. The Hall–Kier alpha value is -0.900. The molecule has 0 radical (unpaired) electrons. The summed E-state index contributed by atoms with van der Waals surface area (Å²) in [6, 6.07) is 12.9. The van der Waals surface area contributed by atoms with Gasteiger partial charge in [0, 0.05) is 4.47 Å². The van der Waals surface area contributed by atoms with Crippen LogP contribution >= 0.6 is 39.1 Å². The molecule has 0 aromatic heterocycles. The minimum absolute atomic E-state index is 0.371. The van der Waals surface area contributed by atoms with E-state index in [2.05, 4.69) is 15.9 Å². The lowest BCUT2D eigenvalue weighted by molar-refractivity contribution is 0.217. The highest BCUT2D eigenvalue weighted by Gasteiger charge is 2.06. The topological polar surface area (TPSA) is 18.5 Å². The predicted octanol–water partition coefficient (Wildman–Crippen LogP) is 5.21. The quantitative estimate of drug-likeness (QED) is 0.680. The Morgan fingerprint density at radius 1 is 0.895 bits per heavy atom. The van der Waals surface area contributed by atoms with Gasteiger partial charge in [-0.2, -0.15) is 0 Å². The van der Waals surface area contributed by atoms with Gasteiger partial charge < -0.3 is 9.47 Å². The molecule has 19 heavy (non-hydrogen) atoms. The van der Waals surface area contributed by atoms with Crippen molar-refractivity contribution < 1.29 is 9.47 Å². The van der Waals surface area contributed by atoms with E-state index in [9.17, 15) is 0 Å². The van der Waals surface area contributed by atoms with Gasteiger partial charge >= 0.3 is 0 Å². The van der Waals surface area contributed by atoms with E-state index in [1.54, 1.807) is 18.2 Å². The van der Waals surface area contributed by atoms with E-state index >= 15 is 0 Å². The van der Waals surface area contributed by atoms with E-state index in [1.165, 1.54) is 0 Å². The van der Waals surface area contributed by atoms with Crippen LogP contribution in [0.1, 0.15) is 0 Å². The van der Waals surface area contributed by atoms with E-state index in [0.29, 0.717) is 29.0 Å². The van der Waals surface area contributed by atoms with Gasteiger partial charge in [-0.3, -0.25) is 0 Å². The van der Waals surface area contributed by atoms with Crippen molar-refractivity contribution in [3.05, 3.63) is 57.0 Å². The van der Waals surface area contributed by atoms with Crippen molar-refractivity contribution in [3.8, 4) is 11.5 Å².